The highest BCUT2D eigenvalue weighted by Crippen LogP contribution is 1.99. The van der Waals surface area contributed by atoms with Crippen LogP contribution in [-0.2, 0) is 9.53 Å². The van der Waals surface area contributed by atoms with Crippen molar-refractivity contribution in [2.45, 2.75) is 26.1 Å². The molecule has 0 aromatic rings. The monoisotopic (exact) mass is 164 g/mol. The van der Waals surface area contributed by atoms with E-state index in [4.69, 9.17) is 16.3 Å². The van der Waals surface area contributed by atoms with Crippen LogP contribution in [0.3, 0.4) is 0 Å². The van der Waals surface area contributed by atoms with Gasteiger partial charge in [-0.15, -0.1) is 11.6 Å². The van der Waals surface area contributed by atoms with Crippen LogP contribution in [0.2, 0.25) is 0 Å². The molecule has 10 heavy (non-hydrogen) atoms. The van der Waals surface area contributed by atoms with Gasteiger partial charge in [0.15, 0.2) is 0 Å². The number of hydrogen-bond acceptors (Lipinski definition) is 2. The van der Waals surface area contributed by atoms with E-state index in [-0.39, 0.29) is 5.97 Å². The van der Waals surface area contributed by atoms with Crippen LogP contribution in [0.4, 0.5) is 0 Å². The standard InChI is InChI=1S/C7H13ClO2/c1-5(2)4-10-7(9)6(3)8/h5-6H,4H2,1-3H3/t6-/m1/s1. The SMILES string of the molecule is CC(C)COC(=O)[C@@H](C)Cl. The summed E-state index contributed by atoms with van der Waals surface area (Å²) in [7, 11) is 0. The van der Waals surface area contributed by atoms with Gasteiger partial charge in [0.1, 0.15) is 5.38 Å². The van der Waals surface area contributed by atoms with Gasteiger partial charge in [0.25, 0.3) is 0 Å². The van der Waals surface area contributed by atoms with Crippen molar-refractivity contribution in [2.75, 3.05) is 6.61 Å². The predicted molar refractivity (Wildman–Crippen MR) is 41.1 cm³/mol. The lowest BCUT2D eigenvalue weighted by Crippen LogP contribution is -2.17. The largest absolute Gasteiger partial charge is 0.464 e. The average Bonchev–Trinajstić information content (AvgIpc) is 1.82. The molecule has 0 heterocycles. The van der Waals surface area contributed by atoms with Crippen LogP contribution in [0.5, 0.6) is 0 Å². The third-order valence-corrected chi connectivity index (χ3v) is 1.06. The van der Waals surface area contributed by atoms with Gasteiger partial charge in [-0.1, -0.05) is 13.8 Å². The van der Waals surface area contributed by atoms with Crippen molar-refractivity contribution in [3.63, 3.8) is 0 Å². The normalized spacial score (nSPS) is 13.3. The van der Waals surface area contributed by atoms with Crippen molar-refractivity contribution < 1.29 is 9.53 Å². The molecule has 1 atom stereocenters. The molecule has 0 saturated heterocycles. The molecule has 0 radical (unpaired) electrons. The van der Waals surface area contributed by atoms with Gasteiger partial charge in [-0.25, -0.2) is 0 Å². The number of rotatable bonds is 3. The molecule has 0 unspecified atom stereocenters. The fourth-order valence-electron chi connectivity index (χ4n) is 0.364. The van der Waals surface area contributed by atoms with E-state index in [9.17, 15) is 4.79 Å². The zero-order valence-corrected chi connectivity index (χ0v) is 7.31. The molecule has 0 aromatic heterocycles. The van der Waals surface area contributed by atoms with Crippen molar-refractivity contribution in [2.24, 2.45) is 5.92 Å². The molecule has 0 aliphatic rings. The van der Waals surface area contributed by atoms with Gasteiger partial charge in [-0.3, -0.25) is 4.79 Å². The summed E-state index contributed by atoms with van der Waals surface area (Å²) in [5.74, 6) is 0.0368. The Hall–Kier alpha value is -0.240. The van der Waals surface area contributed by atoms with E-state index in [0.717, 1.165) is 0 Å². The second-order valence-corrected chi connectivity index (χ2v) is 3.29. The Morgan fingerprint density at radius 1 is 1.50 bits per heavy atom. The number of halogens is 1. The van der Waals surface area contributed by atoms with Gasteiger partial charge in [0, 0.05) is 0 Å². The molecule has 0 spiro atoms. The highest BCUT2D eigenvalue weighted by atomic mass is 35.5. The maximum atomic E-state index is 10.7. The minimum Gasteiger partial charge on any atom is -0.464 e. The van der Waals surface area contributed by atoms with Crippen LogP contribution < -0.4 is 0 Å². The molecule has 0 aliphatic heterocycles. The highest BCUT2D eigenvalue weighted by molar-refractivity contribution is 6.29. The van der Waals surface area contributed by atoms with E-state index in [1.54, 1.807) is 6.92 Å². The molecule has 2 nitrogen and oxygen atoms in total. The lowest BCUT2D eigenvalue weighted by atomic mass is 10.2. The van der Waals surface area contributed by atoms with Crippen LogP contribution in [-0.4, -0.2) is 18.0 Å². The molecule has 3 heteroatoms. The Balaban J connectivity index is 3.40. The van der Waals surface area contributed by atoms with E-state index in [1.807, 2.05) is 13.8 Å². The summed E-state index contributed by atoms with van der Waals surface area (Å²) in [5.41, 5.74) is 0. The third-order valence-electron chi connectivity index (χ3n) is 0.884. The lowest BCUT2D eigenvalue weighted by molar-refractivity contribution is -0.143. The minimum absolute atomic E-state index is 0.338. The third kappa shape index (κ3) is 4.62. The smallest absolute Gasteiger partial charge is 0.323 e. The maximum Gasteiger partial charge on any atom is 0.323 e. The Kier molecular flexibility index (Phi) is 4.45. The van der Waals surface area contributed by atoms with E-state index in [2.05, 4.69) is 0 Å². The lowest BCUT2D eigenvalue weighted by Gasteiger charge is -2.07. The molecule has 60 valence electrons. The van der Waals surface area contributed by atoms with Gasteiger partial charge < -0.3 is 4.74 Å². The summed E-state index contributed by atoms with van der Waals surface area (Å²) in [5, 5.41) is -0.529. The molecule has 0 amide bonds. The Bertz CT molecular complexity index is 110. The van der Waals surface area contributed by atoms with Crippen LogP contribution in [0.1, 0.15) is 20.8 Å². The van der Waals surface area contributed by atoms with Crippen LogP contribution in [0, 0.1) is 5.92 Å². The number of ether oxygens (including phenoxy) is 1. The number of carbonyl (C=O) groups excluding carboxylic acids is 1. The fourth-order valence-corrected chi connectivity index (χ4v) is 0.427. The van der Waals surface area contributed by atoms with Gasteiger partial charge in [0.05, 0.1) is 6.61 Å². The number of alkyl halides is 1. The van der Waals surface area contributed by atoms with Gasteiger partial charge in [-0.2, -0.15) is 0 Å². The zero-order valence-electron chi connectivity index (χ0n) is 6.56. The molecule has 0 bridgehead atoms. The molecule has 0 fully saturated rings. The van der Waals surface area contributed by atoms with E-state index in [0.29, 0.717) is 12.5 Å². The van der Waals surface area contributed by atoms with Crippen molar-refractivity contribution in [3.8, 4) is 0 Å². The Morgan fingerprint density at radius 2 is 2.00 bits per heavy atom. The highest BCUT2D eigenvalue weighted by Gasteiger charge is 2.10. The molecule has 0 saturated carbocycles. The first-order valence-electron chi connectivity index (χ1n) is 3.34. The fraction of sp³-hybridized carbons (Fsp3) is 0.857. The molecular weight excluding hydrogens is 152 g/mol. The second kappa shape index (κ2) is 4.56. The van der Waals surface area contributed by atoms with Crippen molar-refractivity contribution in [1.82, 2.24) is 0 Å². The van der Waals surface area contributed by atoms with Crippen LogP contribution in [0.25, 0.3) is 0 Å². The number of hydrogen-bond donors (Lipinski definition) is 0. The summed E-state index contributed by atoms with van der Waals surface area (Å²) in [6, 6.07) is 0. The van der Waals surface area contributed by atoms with E-state index in [1.165, 1.54) is 0 Å². The Morgan fingerprint density at radius 3 is 2.30 bits per heavy atom. The Labute approximate surface area is 66.5 Å². The first-order chi connectivity index (χ1) is 4.54. The van der Waals surface area contributed by atoms with Gasteiger partial charge in [-0.05, 0) is 12.8 Å². The van der Waals surface area contributed by atoms with Crippen LogP contribution >= 0.6 is 11.6 Å². The van der Waals surface area contributed by atoms with Gasteiger partial charge in [0.2, 0.25) is 0 Å². The predicted octanol–water partition coefficient (Wildman–Crippen LogP) is 1.81. The quantitative estimate of drug-likeness (QED) is 0.470. The summed E-state index contributed by atoms with van der Waals surface area (Å²) >= 11 is 5.44. The van der Waals surface area contributed by atoms with Crippen molar-refractivity contribution in [1.29, 1.82) is 0 Å². The van der Waals surface area contributed by atoms with Gasteiger partial charge >= 0.3 is 5.97 Å². The van der Waals surface area contributed by atoms with E-state index < -0.39 is 5.38 Å². The topological polar surface area (TPSA) is 26.3 Å². The molecule has 0 N–H and O–H groups in total. The minimum atomic E-state index is -0.529. The molecule has 0 aliphatic carbocycles. The first kappa shape index (κ1) is 9.76. The first-order valence-corrected chi connectivity index (χ1v) is 3.78. The molecule has 0 rings (SSSR count). The number of carbonyl (C=O) groups is 1. The van der Waals surface area contributed by atoms with Crippen molar-refractivity contribution in [3.05, 3.63) is 0 Å². The summed E-state index contributed by atoms with van der Waals surface area (Å²) in [6.07, 6.45) is 0. The van der Waals surface area contributed by atoms with E-state index >= 15 is 0 Å². The molecular formula is C7H13ClO2. The second-order valence-electron chi connectivity index (χ2n) is 2.64. The van der Waals surface area contributed by atoms with Crippen molar-refractivity contribution >= 4 is 17.6 Å². The van der Waals surface area contributed by atoms with Crippen LogP contribution in [0.15, 0.2) is 0 Å². The summed E-state index contributed by atoms with van der Waals surface area (Å²) in [4.78, 5) is 10.7. The zero-order chi connectivity index (χ0) is 8.15. The summed E-state index contributed by atoms with van der Waals surface area (Å²) < 4.78 is 4.79. The number of esters is 1. The average molecular weight is 165 g/mol. The maximum absolute atomic E-state index is 10.7. The summed E-state index contributed by atoms with van der Waals surface area (Å²) in [6.45, 7) is 6.01. The molecule has 0 aromatic carbocycles.